The van der Waals surface area contributed by atoms with Crippen LogP contribution >= 0.6 is 11.6 Å². The van der Waals surface area contributed by atoms with Crippen LogP contribution < -0.4 is 10.2 Å². The molecule has 0 spiro atoms. The Labute approximate surface area is 163 Å². The second kappa shape index (κ2) is 7.92. The zero-order valence-corrected chi connectivity index (χ0v) is 16.4. The fourth-order valence-electron chi connectivity index (χ4n) is 3.01. The number of halogens is 1. The van der Waals surface area contributed by atoms with Gasteiger partial charge in [-0.2, -0.15) is 0 Å². The fraction of sp³-hybridized carbons (Fsp3) is 0.368. The van der Waals surface area contributed by atoms with Gasteiger partial charge in [0.05, 0.1) is 0 Å². The average Bonchev–Trinajstić information content (AvgIpc) is 2.65. The van der Waals surface area contributed by atoms with Crippen molar-refractivity contribution in [3.63, 3.8) is 0 Å². The van der Waals surface area contributed by atoms with E-state index in [4.69, 9.17) is 11.6 Å². The first kappa shape index (κ1) is 19.1. The molecule has 0 atom stereocenters. The van der Waals surface area contributed by atoms with E-state index >= 15 is 0 Å². The van der Waals surface area contributed by atoms with Gasteiger partial charge in [0.1, 0.15) is 17.3 Å². The quantitative estimate of drug-likeness (QED) is 0.875. The maximum absolute atomic E-state index is 12.7. The van der Waals surface area contributed by atoms with Gasteiger partial charge in [-0.15, -0.1) is 0 Å². The molecule has 0 aliphatic carbocycles. The normalized spacial score (nSPS) is 14.2. The van der Waals surface area contributed by atoms with Crippen LogP contribution in [-0.4, -0.2) is 52.9 Å². The van der Waals surface area contributed by atoms with E-state index in [1.807, 2.05) is 6.92 Å². The van der Waals surface area contributed by atoms with Crippen LogP contribution in [0.3, 0.4) is 0 Å². The van der Waals surface area contributed by atoms with Crippen molar-refractivity contribution in [3.8, 4) is 0 Å². The van der Waals surface area contributed by atoms with Crippen molar-refractivity contribution in [1.29, 1.82) is 0 Å². The molecule has 2 heterocycles. The van der Waals surface area contributed by atoms with Crippen molar-refractivity contribution >= 4 is 34.9 Å². The molecule has 8 heteroatoms. The summed E-state index contributed by atoms with van der Waals surface area (Å²) in [6, 6.07) is 7.05. The summed E-state index contributed by atoms with van der Waals surface area (Å²) < 4.78 is 0. The highest BCUT2D eigenvalue weighted by Gasteiger charge is 2.21. The molecular formula is C19H22ClN5O2. The molecule has 27 heavy (non-hydrogen) atoms. The molecule has 142 valence electrons. The molecule has 1 fully saturated rings. The lowest BCUT2D eigenvalue weighted by atomic mass is 10.2. The molecule has 0 radical (unpaired) electrons. The Morgan fingerprint density at radius 1 is 1.11 bits per heavy atom. The fourth-order valence-corrected chi connectivity index (χ4v) is 3.18. The molecule has 3 rings (SSSR count). The summed E-state index contributed by atoms with van der Waals surface area (Å²) in [5.41, 5.74) is 1.75. The van der Waals surface area contributed by atoms with E-state index in [2.05, 4.69) is 20.2 Å². The molecule has 0 saturated carbocycles. The third kappa shape index (κ3) is 4.36. The van der Waals surface area contributed by atoms with Crippen molar-refractivity contribution in [2.45, 2.75) is 20.8 Å². The Morgan fingerprint density at radius 3 is 2.48 bits per heavy atom. The maximum Gasteiger partial charge on any atom is 0.274 e. The molecule has 2 amide bonds. The molecule has 1 aliphatic rings. The number of nitrogens with one attached hydrogen (secondary N) is 1. The minimum absolute atomic E-state index is 0.0745. The van der Waals surface area contributed by atoms with E-state index in [0.29, 0.717) is 54.2 Å². The van der Waals surface area contributed by atoms with Crippen molar-refractivity contribution in [2.75, 3.05) is 36.4 Å². The lowest BCUT2D eigenvalue weighted by Crippen LogP contribution is -2.48. The molecule has 1 aromatic heterocycles. The van der Waals surface area contributed by atoms with E-state index in [-0.39, 0.29) is 11.8 Å². The molecule has 2 aromatic rings. The van der Waals surface area contributed by atoms with Gasteiger partial charge >= 0.3 is 0 Å². The number of anilines is 2. The first-order valence-electron chi connectivity index (χ1n) is 8.78. The Balaban J connectivity index is 1.78. The van der Waals surface area contributed by atoms with E-state index in [1.54, 1.807) is 43.0 Å². The summed E-state index contributed by atoms with van der Waals surface area (Å²) in [6.45, 7) is 7.81. The van der Waals surface area contributed by atoms with Gasteiger partial charge in [0.25, 0.3) is 5.91 Å². The van der Waals surface area contributed by atoms with Crippen LogP contribution in [0.25, 0.3) is 0 Å². The van der Waals surface area contributed by atoms with Gasteiger partial charge in [-0.3, -0.25) is 9.59 Å². The zero-order valence-electron chi connectivity index (χ0n) is 15.6. The van der Waals surface area contributed by atoms with Gasteiger partial charge in [0.15, 0.2) is 0 Å². The number of benzene rings is 1. The van der Waals surface area contributed by atoms with Crippen LogP contribution in [0, 0.1) is 13.8 Å². The number of hydrogen-bond donors (Lipinski definition) is 1. The van der Waals surface area contributed by atoms with Gasteiger partial charge in [0.2, 0.25) is 5.91 Å². The highest BCUT2D eigenvalue weighted by atomic mass is 35.5. The van der Waals surface area contributed by atoms with Gasteiger partial charge in [0, 0.05) is 49.9 Å². The number of carbonyl (C=O) groups is 2. The number of amides is 2. The van der Waals surface area contributed by atoms with Gasteiger partial charge < -0.3 is 15.1 Å². The Bertz CT molecular complexity index is 878. The lowest BCUT2D eigenvalue weighted by Gasteiger charge is -2.35. The Hall–Kier alpha value is -2.67. The van der Waals surface area contributed by atoms with Crippen LogP contribution in [0.15, 0.2) is 24.3 Å². The zero-order chi connectivity index (χ0) is 19.6. The number of rotatable bonds is 3. The predicted octanol–water partition coefficient (Wildman–Crippen LogP) is 2.67. The van der Waals surface area contributed by atoms with Crippen molar-refractivity contribution < 1.29 is 9.59 Å². The number of nitrogens with zero attached hydrogens (tertiary/aromatic N) is 4. The summed E-state index contributed by atoms with van der Waals surface area (Å²) in [5.74, 6) is 0.980. The van der Waals surface area contributed by atoms with Crippen LogP contribution in [-0.2, 0) is 4.79 Å². The van der Waals surface area contributed by atoms with Crippen molar-refractivity contribution in [3.05, 3.63) is 46.4 Å². The van der Waals surface area contributed by atoms with E-state index in [0.717, 1.165) is 5.56 Å². The van der Waals surface area contributed by atoms with Gasteiger partial charge in [-0.1, -0.05) is 17.7 Å². The molecule has 0 unspecified atom stereocenters. The number of aromatic nitrogens is 2. The molecule has 1 saturated heterocycles. The highest BCUT2D eigenvalue weighted by Crippen LogP contribution is 2.24. The number of hydrogen-bond acceptors (Lipinski definition) is 5. The van der Waals surface area contributed by atoms with Crippen LogP contribution in [0.1, 0.15) is 28.8 Å². The van der Waals surface area contributed by atoms with Gasteiger partial charge in [-0.05, 0) is 31.5 Å². The van der Waals surface area contributed by atoms with Gasteiger partial charge in [-0.25, -0.2) is 9.97 Å². The maximum atomic E-state index is 12.7. The third-order valence-corrected chi connectivity index (χ3v) is 5.03. The first-order chi connectivity index (χ1) is 12.8. The largest absolute Gasteiger partial charge is 0.353 e. The minimum Gasteiger partial charge on any atom is -0.353 e. The van der Waals surface area contributed by atoms with Crippen LogP contribution in [0.5, 0.6) is 0 Å². The van der Waals surface area contributed by atoms with E-state index < -0.39 is 0 Å². The Morgan fingerprint density at radius 2 is 1.81 bits per heavy atom. The van der Waals surface area contributed by atoms with Crippen LogP contribution in [0.2, 0.25) is 5.02 Å². The number of piperazine rings is 1. The summed E-state index contributed by atoms with van der Waals surface area (Å²) in [6.07, 6.45) is 0. The summed E-state index contributed by atoms with van der Waals surface area (Å²) in [5, 5.41) is 3.45. The van der Waals surface area contributed by atoms with Crippen molar-refractivity contribution in [2.24, 2.45) is 0 Å². The highest BCUT2D eigenvalue weighted by molar-refractivity contribution is 6.31. The number of carbonyl (C=O) groups excluding carboxylic acids is 2. The molecule has 1 aliphatic heterocycles. The van der Waals surface area contributed by atoms with E-state index in [9.17, 15) is 9.59 Å². The Kier molecular flexibility index (Phi) is 5.60. The topological polar surface area (TPSA) is 78.4 Å². The van der Waals surface area contributed by atoms with Crippen molar-refractivity contribution in [1.82, 2.24) is 14.9 Å². The predicted molar refractivity (Wildman–Crippen MR) is 105 cm³/mol. The summed E-state index contributed by atoms with van der Waals surface area (Å²) >= 11 is 6.12. The summed E-state index contributed by atoms with van der Waals surface area (Å²) in [4.78, 5) is 36.8. The standard InChI is InChI=1S/C19H22ClN5O2/c1-12-15(20)5-4-6-16(12)23-19(27)17-11-18(22-13(2)21-17)25-9-7-24(8-10-25)14(3)26/h4-6,11H,7-10H2,1-3H3,(H,23,27). The lowest BCUT2D eigenvalue weighted by molar-refractivity contribution is -0.129. The molecule has 0 bridgehead atoms. The SMILES string of the molecule is CC(=O)N1CCN(c2cc(C(=O)Nc3cccc(Cl)c3C)nc(C)n2)CC1. The first-order valence-corrected chi connectivity index (χ1v) is 9.15. The molecule has 1 N–H and O–H groups in total. The summed E-state index contributed by atoms with van der Waals surface area (Å²) in [7, 11) is 0. The minimum atomic E-state index is -0.311. The number of aryl methyl sites for hydroxylation is 1. The third-order valence-electron chi connectivity index (χ3n) is 4.62. The van der Waals surface area contributed by atoms with Crippen LogP contribution in [0.4, 0.5) is 11.5 Å². The second-order valence-electron chi connectivity index (χ2n) is 6.52. The average molecular weight is 388 g/mol. The smallest absolute Gasteiger partial charge is 0.274 e. The van der Waals surface area contributed by atoms with E-state index in [1.165, 1.54) is 0 Å². The molecule has 1 aromatic carbocycles. The monoisotopic (exact) mass is 387 g/mol. The molecular weight excluding hydrogens is 366 g/mol. The second-order valence-corrected chi connectivity index (χ2v) is 6.93. The molecule has 7 nitrogen and oxygen atoms in total.